The van der Waals surface area contributed by atoms with Crippen molar-refractivity contribution in [3.8, 4) is 11.5 Å². The van der Waals surface area contributed by atoms with Crippen LogP contribution in [0.15, 0.2) is 71.6 Å². The number of halogens is 1. The number of hydrogen-bond donors (Lipinski definition) is 1. The first kappa shape index (κ1) is 32.4. The molecule has 0 bridgehead atoms. The van der Waals surface area contributed by atoms with Crippen LogP contribution >= 0.6 is 0 Å². The summed E-state index contributed by atoms with van der Waals surface area (Å²) in [4.78, 5) is 28.3. The highest BCUT2D eigenvalue weighted by molar-refractivity contribution is 7.92. The van der Waals surface area contributed by atoms with E-state index in [0.29, 0.717) is 12.3 Å². The topological polar surface area (TPSA) is 105 Å². The number of aryl methyl sites for hydroxylation is 1. The summed E-state index contributed by atoms with van der Waals surface area (Å²) in [6, 6.07) is 15.5. The standard InChI is InChI=1S/C31H38FN3O6S/c1-21(2)18-33-31(37)23(4)34(19-24-9-7-8-22(3)16-24)30(36)20-35(26-12-10-25(32)11-13-26)42(38,39)27-14-15-28(40-5)29(17-27)41-6/h7-17,21,23H,18-20H2,1-6H3,(H,33,37)/t23-/m0/s1. The molecule has 42 heavy (non-hydrogen) atoms. The number of amides is 2. The molecular weight excluding hydrogens is 561 g/mol. The molecule has 0 unspecified atom stereocenters. The number of nitrogens with one attached hydrogen (secondary N) is 1. The van der Waals surface area contributed by atoms with E-state index in [2.05, 4.69) is 5.32 Å². The molecule has 0 aliphatic heterocycles. The Morgan fingerprint density at radius 2 is 1.60 bits per heavy atom. The average Bonchev–Trinajstić information content (AvgIpc) is 2.97. The van der Waals surface area contributed by atoms with Crippen LogP contribution in [0.5, 0.6) is 11.5 Å². The largest absolute Gasteiger partial charge is 0.493 e. The van der Waals surface area contributed by atoms with E-state index in [0.717, 1.165) is 27.6 Å². The molecule has 1 N–H and O–H groups in total. The normalized spacial score (nSPS) is 12.0. The molecule has 0 radical (unpaired) electrons. The maximum atomic E-state index is 14.0. The fourth-order valence-corrected chi connectivity index (χ4v) is 5.71. The van der Waals surface area contributed by atoms with Crippen molar-refractivity contribution in [3.63, 3.8) is 0 Å². The molecule has 1 atom stereocenters. The van der Waals surface area contributed by atoms with E-state index in [4.69, 9.17) is 9.47 Å². The van der Waals surface area contributed by atoms with Crippen molar-refractivity contribution in [2.45, 2.75) is 45.2 Å². The summed E-state index contributed by atoms with van der Waals surface area (Å²) in [6.07, 6.45) is 0. The molecule has 0 saturated heterocycles. The quantitative estimate of drug-likeness (QED) is 0.310. The molecule has 0 heterocycles. The molecule has 3 aromatic carbocycles. The molecule has 0 aliphatic carbocycles. The summed E-state index contributed by atoms with van der Waals surface area (Å²) < 4.78 is 53.3. The number of hydrogen-bond acceptors (Lipinski definition) is 6. The van der Waals surface area contributed by atoms with Gasteiger partial charge >= 0.3 is 0 Å². The van der Waals surface area contributed by atoms with E-state index in [1.165, 1.54) is 49.5 Å². The Morgan fingerprint density at radius 1 is 0.929 bits per heavy atom. The van der Waals surface area contributed by atoms with Crippen LogP contribution in [0.2, 0.25) is 0 Å². The van der Waals surface area contributed by atoms with Crippen LogP contribution in [0.1, 0.15) is 31.9 Å². The summed E-state index contributed by atoms with van der Waals surface area (Å²) in [5.74, 6) is -0.836. The Labute approximate surface area is 247 Å². The fraction of sp³-hybridized carbons (Fsp3) is 0.355. The Morgan fingerprint density at radius 3 is 2.19 bits per heavy atom. The van der Waals surface area contributed by atoms with Crippen molar-refractivity contribution in [3.05, 3.63) is 83.7 Å². The van der Waals surface area contributed by atoms with Crippen LogP contribution < -0.4 is 19.1 Å². The highest BCUT2D eigenvalue weighted by Gasteiger charge is 2.33. The van der Waals surface area contributed by atoms with Crippen molar-refractivity contribution in [1.29, 1.82) is 0 Å². The lowest BCUT2D eigenvalue weighted by molar-refractivity contribution is -0.139. The molecule has 0 aliphatic rings. The predicted octanol–water partition coefficient (Wildman–Crippen LogP) is 4.54. The van der Waals surface area contributed by atoms with Crippen LogP contribution in [-0.4, -0.2) is 58.5 Å². The number of sulfonamides is 1. The van der Waals surface area contributed by atoms with E-state index < -0.39 is 34.3 Å². The van der Waals surface area contributed by atoms with Gasteiger partial charge in [0, 0.05) is 19.2 Å². The zero-order valence-electron chi connectivity index (χ0n) is 24.8. The molecule has 0 aromatic heterocycles. The van der Waals surface area contributed by atoms with Gasteiger partial charge in [-0.25, -0.2) is 12.8 Å². The van der Waals surface area contributed by atoms with Gasteiger partial charge in [0.2, 0.25) is 11.8 Å². The summed E-state index contributed by atoms with van der Waals surface area (Å²) in [5.41, 5.74) is 1.83. The molecule has 3 aromatic rings. The number of methoxy groups -OCH3 is 2. The lowest BCUT2D eigenvalue weighted by Crippen LogP contribution is -2.51. The number of anilines is 1. The van der Waals surface area contributed by atoms with Crippen LogP contribution in [0, 0.1) is 18.7 Å². The molecule has 3 rings (SSSR count). The second-order valence-electron chi connectivity index (χ2n) is 10.3. The molecule has 11 heteroatoms. The second-order valence-corrected chi connectivity index (χ2v) is 12.2. The third-order valence-corrected chi connectivity index (χ3v) is 8.39. The number of ether oxygens (including phenoxy) is 2. The van der Waals surface area contributed by atoms with Crippen molar-refractivity contribution in [1.82, 2.24) is 10.2 Å². The molecule has 0 spiro atoms. The Bertz CT molecular complexity index is 1490. The molecule has 9 nitrogen and oxygen atoms in total. The minimum absolute atomic E-state index is 0.0739. The minimum atomic E-state index is -4.37. The first-order valence-electron chi connectivity index (χ1n) is 13.5. The number of carbonyl (C=O) groups is 2. The number of carbonyl (C=O) groups excluding carboxylic acids is 2. The zero-order valence-corrected chi connectivity index (χ0v) is 25.6. The van der Waals surface area contributed by atoms with E-state index >= 15 is 0 Å². The first-order valence-corrected chi connectivity index (χ1v) is 14.9. The van der Waals surface area contributed by atoms with Crippen LogP contribution in [0.25, 0.3) is 0 Å². The number of nitrogens with zero attached hydrogens (tertiary/aromatic N) is 2. The van der Waals surface area contributed by atoms with Crippen LogP contribution in [0.3, 0.4) is 0 Å². The van der Waals surface area contributed by atoms with E-state index in [1.54, 1.807) is 6.92 Å². The van der Waals surface area contributed by atoms with Crippen molar-refractivity contribution < 1.29 is 31.9 Å². The van der Waals surface area contributed by atoms with Gasteiger partial charge < -0.3 is 19.7 Å². The molecule has 0 fully saturated rings. The van der Waals surface area contributed by atoms with Crippen molar-refractivity contribution in [2.24, 2.45) is 5.92 Å². The molecule has 2 amide bonds. The summed E-state index contributed by atoms with van der Waals surface area (Å²) in [7, 11) is -1.57. The zero-order chi connectivity index (χ0) is 31.0. The van der Waals surface area contributed by atoms with Gasteiger partial charge in [-0.3, -0.25) is 13.9 Å². The SMILES string of the molecule is COc1ccc(S(=O)(=O)N(CC(=O)N(Cc2cccc(C)c2)[C@@H](C)C(=O)NCC(C)C)c2ccc(F)cc2)cc1OC. The third-order valence-electron chi connectivity index (χ3n) is 6.62. The smallest absolute Gasteiger partial charge is 0.264 e. The van der Waals surface area contributed by atoms with E-state index in [-0.39, 0.29) is 34.7 Å². The summed E-state index contributed by atoms with van der Waals surface area (Å²) in [5, 5.41) is 2.85. The van der Waals surface area contributed by atoms with Gasteiger partial charge in [0.25, 0.3) is 10.0 Å². The maximum Gasteiger partial charge on any atom is 0.264 e. The van der Waals surface area contributed by atoms with Gasteiger partial charge in [0.15, 0.2) is 11.5 Å². The Hall–Kier alpha value is -4.12. The van der Waals surface area contributed by atoms with E-state index in [1.807, 2.05) is 45.0 Å². The third kappa shape index (κ3) is 8.00. The Balaban J connectivity index is 2.05. The molecular formula is C31H38FN3O6S. The summed E-state index contributed by atoms with van der Waals surface area (Å²) >= 11 is 0. The molecule has 0 saturated carbocycles. The second kappa shape index (κ2) is 14.2. The highest BCUT2D eigenvalue weighted by atomic mass is 32.2. The van der Waals surface area contributed by atoms with Gasteiger partial charge in [-0.2, -0.15) is 0 Å². The predicted molar refractivity (Wildman–Crippen MR) is 160 cm³/mol. The fourth-order valence-electron chi connectivity index (χ4n) is 4.28. The van der Waals surface area contributed by atoms with Gasteiger partial charge in [-0.1, -0.05) is 43.7 Å². The van der Waals surface area contributed by atoms with Gasteiger partial charge in [-0.15, -0.1) is 0 Å². The molecule has 226 valence electrons. The van der Waals surface area contributed by atoms with Gasteiger partial charge in [0.1, 0.15) is 18.4 Å². The first-order chi connectivity index (χ1) is 19.9. The lowest BCUT2D eigenvalue weighted by Gasteiger charge is -2.32. The Kier molecular flexibility index (Phi) is 10.9. The maximum absolute atomic E-state index is 14.0. The van der Waals surface area contributed by atoms with Crippen molar-refractivity contribution >= 4 is 27.5 Å². The lowest BCUT2D eigenvalue weighted by atomic mass is 10.1. The van der Waals surface area contributed by atoms with Crippen LogP contribution in [0.4, 0.5) is 10.1 Å². The average molecular weight is 600 g/mol. The number of benzene rings is 3. The minimum Gasteiger partial charge on any atom is -0.493 e. The van der Waals surface area contributed by atoms with Crippen LogP contribution in [-0.2, 0) is 26.2 Å². The van der Waals surface area contributed by atoms with Crippen molar-refractivity contribution in [2.75, 3.05) is 31.6 Å². The van der Waals surface area contributed by atoms with E-state index in [9.17, 15) is 22.4 Å². The van der Waals surface area contributed by atoms with Gasteiger partial charge in [-0.05, 0) is 61.7 Å². The highest BCUT2D eigenvalue weighted by Crippen LogP contribution is 2.32. The monoisotopic (exact) mass is 599 g/mol. The summed E-state index contributed by atoms with van der Waals surface area (Å²) in [6.45, 7) is 7.29. The van der Waals surface area contributed by atoms with Gasteiger partial charge in [0.05, 0.1) is 24.8 Å². The number of rotatable bonds is 13.